The Hall–Kier alpha value is -2.22. The van der Waals surface area contributed by atoms with Crippen molar-refractivity contribution in [2.24, 2.45) is 0 Å². The van der Waals surface area contributed by atoms with Gasteiger partial charge in [0.05, 0.1) is 0 Å². The van der Waals surface area contributed by atoms with Crippen LogP contribution in [0.4, 0.5) is 0 Å². The number of carbonyl (C=O) groups excluding carboxylic acids is 1. The molecule has 0 bridgehead atoms. The average molecular weight is 388 g/mol. The first-order chi connectivity index (χ1) is 13.0. The van der Waals surface area contributed by atoms with E-state index in [9.17, 15) is 9.59 Å². The molecule has 2 N–H and O–H groups in total. The second-order valence-electron chi connectivity index (χ2n) is 6.74. The van der Waals surface area contributed by atoms with Crippen LogP contribution in [0.1, 0.15) is 39.0 Å². The SMILES string of the molecule is CN1CCC(OC(=O)C(NCc2ccc(C(=O)O)s2)c2ccccc2)CC1. The number of carbonyl (C=O) groups is 2. The van der Waals surface area contributed by atoms with E-state index in [4.69, 9.17) is 9.84 Å². The molecule has 0 radical (unpaired) electrons. The zero-order valence-corrected chi connectivity index (χ0v) is 16.1. The van der Waals surface area contributed by atoms with Crippen LogP contribution in [0.2, 0.25) is 0 Å². The van der Waals surface area contributed by atoms with Crippen LogP contribution in [0, 0.1) is 0 Å². The molecule has 1 aliphatic rings. The summed E-state index contributed by atoms with van der Waals surface area (Å²) in [5.74, 6) is -1.22. The van der Waals surface area contributed by atoms with Gasteiger partial charge in [0.1, 0.15) is 17.0 Å². The second kappa shape index (κ2) is 9.12. The summed E-state index contributed by atoms with van der Waals surface area (Å²) in [6.45, 7) is 2.25. The number of rotatable bonds is 7. The molecular weight excluding hydrogens is 364 g/mol. The van der Waals surface area contributed by atoms with Gasteiger partial charge in [0, 0.05) is 24.5 Å². The lowest BCUT2D eigenvalue weighted by Crippen LogP contribution is -2.38. The number of esters is 1. The maximum absolute atomic E-state index is 12.8. The maximum atomic E-state index is 12.8. The second-order valence-corrected chi connectivity index (χ2v) is 7.90. The number of carboxylic acids is 1. The van der Waals surface area contributed by atoms with Crippen molar-refractivity contribution in [3.8, 4) is 0 Å². The predicted molar refractivity (Wildman–Crippen MR) is 104 cm³/mol. The minimum absolute atomic E-state index is 0.0536. The first kappa shape index (κ1) is 19.5. The van der Waals surface area contributed by atoms with Crippen LogP contribution in [0.3, 0.4) is 0 Å². The number of nitrogens with one attached hydrogen (secondary N) is 1. The minimum atomic E-state index is -0.937. The summed E-state index contributed by atoms with van der Waals surface area (Å²) < 4.78 is 5.77. The zero-order chi connectivity index (χ0) is 19.2. The number of nitrogens with zero attached hydrogens (tertiary/aromatic N) is 1. The smallest absolute Gasteiger partial charge is 0.345 e. The van der Waals surface area contributed by atoms with Gasteiger partial charge in [0.15, 0.2) is 0 Å². The van der Waals surface area contributed by atoms with Crippen molar-refractivity contribution in [1.29, 1.82) is 0 Å². The lowest BCUT2D eigenvalue weighted by atomic mass is 10.1. The summed E-state index contributed by atoms with van der Waals surface area (Å²) >= 11 is 1.21. The molecule has 0 saturated carbocycles. The molecule has 1 fully saturated rings. The molecule has 2 aromatic rings. The molecule has 6 nitrogen and oxygen atoms in total. The highest BCUT2D eigenvalue weighted by atomic mass is 32.1. The van der Waals surface area contributed by atoms with Crippen LogP contribution in [-0.2, 0) is 16.1 Å². The number of hydrogen-bond donors (Lipinski definition) is 2. The summed E-state index contributed by atoms with van der Waals surface area (Å²) in [7, 11) is 2.07. The Morgan fingerprint density at radius 1 is 1.22 bits per heavy atom. The van der Waals surface area contributed by atoms with E-state index < -0.39 is 12.0 Å². The number of piperidine rings is 1. The number of likely N-dealkylation sites (tertiary alicyclic amines) is 1. The fourth-order valence-electron chi connectivity index (χ4n) is 3.11. The number of aromatic carboxylic acids is 1. The lowest BCUT2D eigenvalue weighted by Gasteiger charge is -2.30. The molecule has 0 spiro atoms. The van der Waals surface area contributed by atoms with Crippen LogP contribution in [0.25, 0.3) is 0 Å². The van der Waals surface area contributed by atoms with Crippen LogP contribution in [-0.4, -0.2) is 48.2 Å². The fraction of sp³-hybridized carbons (Fsp3) is 0.400. The summed E-state index contributed by atoms with van der Waals surface area (Å²) in [5.41, 5.74) is 0.838. The van der Waals surface area contributed by atoms with Gasteiger partial charge in [-0.1, -0.05) is 30.3 Å². The average Bonchev–Trinajstić information content (AvgIpc) is 3.14. The molecule has 27 heavy (non-hydrogen) atoms. The summed E-state index contributed by atoms with van der Waals surface area (Å²) in [6.07, 6.45) is 1.63. The van der Waals surface area contributed by atoms with E-state index in [1.54, 1.807) is 12.1 Å². The van der Waals surface area contributed by atoms with Gasteiger partial charge in [-0.25, -0.2) is 9.59 Å². The molecule has 0 amide bonds. The molecule has 7 heteroatoms. The lowest BCUT2D eigenvalue weighted by molar-refractivity contribution is -0.154. The minimum Gasteiger partial charge on any atom is -0.477 e. The highest BCUT2D eigenvalue weighted by Crippen LogP contribution is 2.21. The Balaban J connectivity index is 1.67. The van der Waals surface area contributed by atoms with Gasteiger partial charge >= 0.3 is 11.9 Å². The van der Waals surface area contributed by atoms with E-state index in [-0.39, 0.29) is 17.0 Å². The van der Waals surface area contributed by atoms with Crippen molar-refractivity contribution in [2.75, 3.05) is 20.1 Å². The molecule has 1 aromatic heterocycles. The predicted octanol–water partition coefficient (Wildman–Crippen LogP) is 2.91. The standard InChI is InChI=1S/C20H24N2O4S/c1-22-11-9-15(10-12-22)26-20(25)18(14-5-3-2-4-6-14)21-13-16-7-8-17(27-16)19(23)24/h2-8,15,18,21H,9-13H2,1H3,(H,23,24). The molecule has 1 unspecified atom stereocenters. The highest BCUT2D eigenvalue weighted by Gasteiger charge is 2.27. The van der Waals surface area contributed by atoms with Gasteiger partial charge in [-0.3, -0.25) is 5.32 Å². The molecule has 2 heterocycles. The Kier molecular flexibility index (Phi) is 6.60. The van der Waals surface area contributed by atoms with E-state index >= 15 is 0 Å². The first-order valence-electron chi connectivity index (χ1n) is 9.02. The van der Waals surface area contributed by atoms with E-state index in [2.05, 4.69) is 17.3 Å². The first-order valence-corrected chi connectivity index (χ1v) is 9.84. The molecule has 1 aromatic carbocycles. The number of thiophene rings is 1. The normalized spacial score (nSPS) is 16.8. The molecule has 0 aliphatic carbocycles. The fourth-order valence-corrected chi connectivity index (χ4v) is 3.91. The number of benzene rings is 1. The van der Waals surface area contributed by atoms with Crippen molar-refractivity contribution in [3.63, 3.8) is 0 Å². The number of carboxylic acid groups (broad SMARTS) is 1. The monoisotopic (exact) mass is 388 g/mol. The molecule has 1 aliphatic heterocycles. The maximum Gasteiger partial charge on any atom is 0.345 e. The Bertz CT molecular complexity index is 769. The third-order valence-corrected chi connectivity index (χ3v) is 5.74. The Morgan fingerprint density at radius 2 is 1.93 bits per heavy atom. The van der Waals surface area contributed by atoms with Gasteiger partial charge in [0.25, 0.3) is 0 Å². The van der Waals surface area contributed by atoms with Crippen molar-refractivity contribution in [3.05, 3.63) is 57.8 Å². The Labute approximate surface area is 162 Å². The number of ether oxygens (including phenoxy) is 1. The summed E-state index contributed by atoms with van der Waals surface area (Å²) in [6, 6.07) is 12.2. The summed E-state index contributed by atoms with van der Waals surface area (Å²) in [5, 5.41) is 12.3. The molecule has 144 valence electrons. The van der Waals surface area contributed by atoms with Gasteiger partial charge in [0.2, 0.25) is 0 Å². The van der Waals surface area contributed by atoms with E-state index in [0.717, 1.165) is 36.4 Å². The van der Waals surface area contributed by atoms with Crippen molar-refractivity contribution in [1.82, 2.24) is 10.2 Å². The molecule has 1 saturated heterocycles. The van der Waals surface area contributed by atoms with Crippen molar-refractivity contribution >= 4 is 23.3 Å². The highest BCUT2D eigenvalue weighted by molar-refractivity contribution is 7.13. The van der Waals surface area contributed by atoms with Crippen LogP contribution < -0.4 is 5.32 Å². The van der Waals surface area contributed by atoms with E-state index in [0.29, 0.717) is 6.54 Å². The Morgan fingerprint density at radius 3 is 2.56 bits per heavy atom. The topological polar surface area (TPSA) is 78.9 Å². The van der Waals surface area contributed by atoms with Gasteiger partial charge in [-0.05, 0) is 37.6 Å². The third-order valence-electron chi connectivity index (χ3n) is 4.67. The molecule has 1 atom stereocenters. The van der Waals surface area contributed by atoms with Crippen molar-refractivity contribution < 1.29 is 19.4 Å². The van der Waals surface area contributed by atoms with Gasteiger partial charge in [-0.15, -0.1) is 11.3 Å². The largest absolute Gasteiger partial charge is 0.477 e. The molecular formula is C20H24N2O4S. The van der Waals surface area contributed by atoms with Crippen LogP contribution in [0.5, 0.6) is 0 Å². The van der Waals surface area contributed by atoms with E-state index in [1.165, 1.54) is 11.3 Å². The van der Waals surface area contributed by atoms with Crippen LogP contribution in [0.15, 0.2) is 42.5 Å². The number of hydrogen-bond acceptors (Lipinski definition) is 6. The van der Waals surface area contributed by atoms with E-state index in [1.807, 2.05) is 30.3 Å². The molecule has 3 rings (SSSR count). The van der Waals surface area contributed by atoms with Crippen LogP contribution >= 0.6 is 11.3 Å². The summed E-state index contributed by atoms with van der Waals surface area (Å²) in [4.78, 5) is 27.3. The third kappa shape index (κ3) is 5.38. The zero-order valence-electron chi connectivity index (χ0n) is 15.3. The quantitative estimate of drug-likeness (QED) is 0.710. The van der Waals surface area contributed by atoms with Gasteiger partial charge in [-0.2, -0.15) is 0 Å². The van der Waals surface area contributed by atoms with Crippen molar-refractivity contribution in [2.45, 2.75) is 31.5 Å². The van der Waals surface area contributed by atoms with Gasteiger partial charge < -0.3 is 14.7 Å².